The molecule has 4 nitrogen and oxygen atoms in total. The van der Waals surface area contributed by atoms with Gasteiger partial charge in [0.1, 0.15) is 0 Å². The largest absolute Gasteiger partial charge is 0.481 e. The Kier molecular flexibility index (Phi) is 4.52. The molecule has 90 valence electrons. The van der Waals surface area contributed by atoms with E-state index < -0.39 is 21.1 Å². The summed E-state index contributed by atoms with van der Waals surface area (Å²) in [7, 11) is -3.40. The molecule has 1 aromatic rings. The Balaban J connectivity index is 2.80. The lowest BCUT2D eigenvalue weighted by molar-refractivity contribution is -0.136. The Morgan fingerprint density at radius 1 is 1.62 bits per heavy atom. The van der Waals surface area contributed by atoms with Crippen LogP contribution in [0.2, 0.25) is 0 Å². The molecule has 1 heterocycles. The van der Waals surface area contributed by atoms with Crippen LogP contribution in [0.15, 0.2) is 15.9 Å². The van der Waals surface area contributed by atoms with Crippen molar-refractivity contribution < 1.29 is 18.3 Å². The fraction of sp³-hybridized carbons (Fsp3) is 0.444. The topological polar surface area (TPSA) is 71.4 Å². The number of hydrogen-bond acceptors (Lipinski definition) is 4. The fourth-order valence-electron chi connectivity index (χ4n) is 1.13. The van der Waals surface area contributed by atoms with Gasteiger partial charge in [0.2, 0.25) is 0 Å². The highest BCUT2D eigenvalue weighted by Crippen LogP contribution is 2.26. The van der Waals surface area contributed by atoms with Gasteiger partial charge >= 0.3 is 5.97 Å². The Morgan fingerprint density at radius 3 is 2.69 bits per heavy atom. The molecule has 1 aromatic heterocycles. The van der Waals surface area contributed by atoms with Crippen molar-refractivity contribution in [2.45, 2.75) is 24.3 Å². The first-order valence-electron chi connectivity index (χ1n) is 4.48. The number of sulfone groups is 1. The lowest BCUT2D eigenvalue weighted by atomic mass is 10.3. The van der Waals surface area contributed by atoms with Crippen molar-refractivity contribution in [3.63, 3.8) is 0 Å². The van der Waals surface area contributed by atoms with Crippen molar-refractivity contribution in [2.75, 3.05) is 0 Å². The number of hydrogen-bond donors (Lipinski definition) is 1. The van der Waals surface area contributed by atoms with Gasteiger partial charge in [0.15, 0.2) is 9.84 Å². The van der Waals surface area contributed by atoms with Crippen molar-refractivity contribution in [2.24, 2.45) is 0 Å². The Morgan fingerprint density at radius 2 is 2.25 bits per heavy atom. The monoisotopic (exact) mass is 326 g/mol. The predicted molar refractivity (Wildman–Crippen MR) is 66.4 cm³/mol. The van der Waals surface area contributed by atoms with E-state index in [1.54, 1.807) is 11.4 Å². The van der Waals surface area contributed by atoms with E-state index >= 15 is 0 Å². The molecular formula is C9H11BrO4S2. The third kappa shape index (κ3) is 3.57. The Hall–Kier alpha value is -0.400. The van der Waals surface area contributed by atoms with Crippen LogP contribution >= 0.6 is 27.3 Å². The van der Waals surface area contributed by atoms with Crippen LogP contribution in [0, 0.1) is 0 Å². The van der Waals surface area contributed by atoms with Crippen molar-refractivity contribution in [3.8, 4) is 0 Å². The minimum atomic E-state index is -3.40. The maximum Gasteiger partial charge on any atom is 0.304 e. The lowest BCUT2D eigenvalue weighted by Gasteiger charge is -2.09. The average molecular weight is 327 g/mol. The summed E-state index contributed by atoms with van der Waals surface area (Å²) in [6.45, 7) is 1.42. The molecule has 0 aliphatic rings. The maximum absolute atomic E-state index is 11.8. The SMILES string of the molecule is CC(CC(=O)O)S(=O)(=O)Cc1sccc1Br. The molecule has 0 aliphatic heterocycles. The van der Waals surface area contributed by atoms with Gasteiger partial charge < -0.3 is 5.11 Å². The van der Waals surface area contributed by atoms with E-state index in [0.717, 1.165) is 4.47 Å². The van der Waals surface area contributed by atoms with Crippen LogP contribution in [0.25, 0.3) is 0 Å². The van der Waals surface area contributed by atoms with Crippen LogP contribution in [0.3, 0.4) is 0 Å². The third-order valence-corrected chi connectivity index (χ3v) is 6.29. The molecule has 0 amide bonds. The van der Waals surface area contributed by atoms with Crippen molar-refractivity contribution in [1.29, 1.82) is 0 Å². The van der Waals surface area contributed by atoms with Gasteiger partial charge in [-0.25, -0.2) is 8.42 Å². The first-order valence-corrected chi connectivity index (χ1v) is 7.87. The summed E-state index contributed by atoms with van der Waals surface area (Å²) in [5.41, 5.74) is 0. The number of thiophene rings is 1. The molecule has 1 unspecified atom stereocenters. The van der Waals surface area contributed by atoms with E-state index in [4.69, 9.17) is 5.11 Å². The van der Waals surface area contributed by atoms with E-state index in [1.807, 2.05) is 0 Å². The minimum Gasteiger partial charge on any atom is -0.481 e. The second-order valence-electron chi connectivity index (χ2n) is 3.41. The first-order chi connectivity index (χ1) is 7.33. The van der Waals surface area contributed by atoms with Crippen LogP contribution in [-0.4, -0.2) is 24.7 Å². The molecule has 0 radical (unpaired) electrons. The van der Waals surface area contributed by atoms with Gasteiger partial charge in [-0.2, -0.15) is 0 Å². The summed E-state index contributed by atoms with van der Waals surface area (Å²) in [5, 5.41) is 9.48. The molecule has 0 saturated carbocycles. The number of carboxylic acids is 1. The van der Waals surface area contributed by atoms with Gasteiger partial charge in [-0.1, -0.05) is 0 Å². The quantitative estimate of drug-likeness (QED) is 0.901. The summed E-state index contributed by atoms with van der Waals surface area (Å²) < 4.78 is 24.4. The van der Waals surface area contributed by atoms with Crippen LogP contribution in [0.4, 0.5) is 0 Å². The number of aliphatic carboxylic acids is 1. The van der Waals surface area contributed by atoms with Crippen LogP contribution < -0.4 is 0 Å². The molecule has 1 N–H and O–H groups in total. The molecule has 1 rings (SSSR count). The van der Waals surface area contributed by atoms with Crippen LogP contribution in [0.5, 0.6) is 0 Å². The van der Waals surface area contributed by atoms with Gasteiger partial charge in [-0.3, -0.25) is 4.79 Å². The summed E-state index contributed by atoms with van der Waals surface area (Å²) >= 11 is 4.59. The molecule has 0 fully saturated rings. The first kappa shape index (κ1) is 13.7. The Labute approximate surface area is 106 Å². The highest BCUT2D eigenvalue weighted by atomic mass is 79.9. The second-order valence-corrected chi connectivity index (χ2v) is 7.68. The van der Waals surface area contributed by atoms with E-state index in [-0.39, 0.29) is 12.2 Å². The maximum atomic E-state index is 11.8. The van der Waals surface area contributed by atoms with Crippen molar-refractivity contribution >= 4 is 43.1 Å². The average Bonchev–Trinajstić information content (AvgIpc) is 2.50. The molecular weight excluding hydrogens is 316 g/mol. The molecule has 7 heteroatoms. The minimum absolute atomic E-state index is 0.111. The number of rotatable bonds is 5. The van der Waals surface area contributed by atoms with Gasteiger partial charge in [0.05, 0.1) is 17.4 Å². The molecule has 16 heavy (non-hydrogen) atoms. The van der Waals surface area contributed by atoms with Gasteiger partial charge in [0.25, 0.3) is 0 Å². The van der Waals surface area contributed by atoms with E-state index in [2.05, 4.69) is 15.9 Å². The van der Waals surface area contributed by atoms with Gasteiger partial charge in [0, 0.05) is 9.35 Å². The molecule has 0 aromatic carbocycles. The highest BCUT2D eigenvalue weighted by Gasteiger charge is 2.24. The predicted octanol–water partition coefficient (Wildman–Crippen LogP) is 2.29. The van der Waals surface area contributed by atoms with Gasteiger partial charge in [-0.15, -0.1) is 11.3 Å². The van der Waals surface area contributed by atoms with E-state index in [9.17, 15) is 13.2 Å². The third-order valence-electron chi connectivity index (χ3n) is 2.10. The number of carbonyl (C=O) groups is 1. The summed E-state index contributed by atoms with van der Waals surface area (Å²) in [4.78, 5) is 11.2. The zero-order valence-corrected chi connectivity index (χ0v) is 11.7. The lowest BCUT2D eigenvalue weighted by Crippen LogP contribution is -2.22. The molecule has 0 bridgehead atoms. The second kappa shape index (κ2) is 5.29. The highest BCUT2D eigenvalue weighted by molar-refractivity contribution is 9.10. The van der Waals surface area contributed by atoms with Crippen LogP contribution in [0.1, 0.15) is 18.2 Å². The van der Waals surface area contributed by atoms with E-state index in [1.165, 1.54) is 18.3 Å². The summed E-state index contributed by atoms with van der Waals surface area (Å²) in [6.07, 6.45) is -0.356. The van der Waals surface area contributed by atoms with Crippen LogP contribution in [-0.2, 0) is 20.4 Å². The smallest absolute Gasteiger partial charge is 0.304 e. The van der Waals surface area contributed by atoms with Gasteiger partial charge in [-0.05, 0) is 34.3 Å². The standard InChI is InChI=1S/C9H11BrO4S2/c1-6(4-9(11)12)16(13,14)5-8-7(10)2-3-15-8/h2-3,6H,4-5H2,1H3,(H,11,12). The molecule has 0 aliphatic carbocycles. The normalized spacial score (nSPS) is 13.6. The van der Waals surface area contributed by atoms with Crippen molar-refractivity contribution in [1.82, 2.24) is 0 Å². The summed E-state index contributed by atoms with van der Waals surface area (Å²) in [5.74, 6) is -1.21. The van der Waals surface area contributed by atoms with Crippen molar-refractivity contribution in [3.05, 3.63) is 20.8 Å². The zero-order chi connectivity index (χ0) is 12.3. The number of halogens is 1. The number of carboxylic acid groups (broad SMARTS) is 1. The zero-order valence-electron chi connectivity index (χ0n) is 8.51. The molecule has 0 saturated heterocycles. The molecule has 1 atom stereocenters. The van der Waals surface area contributed by atoms with E-state index in [0.29, 0.717) is 4.88 Å². The molecule has 0 spiro atoms. The Bertz CT molecular complexity index is 477. The fourth-order valence-corrected chi connectivity index (χ4v) is 4.56. The summed E-state index contributed by atoms with van der Waals surface area (Å²) in [6, 6.07) is 1.78.